The van der Waals surface area contributed by atoms with Crippen molar-refractivity contribution in [2.45, 2.75) is 33.4 Å². The molecule has 100 valence electrons. The van der Waals surface area contributed by atoms with Gasteiger partial charge < -0.3 is 15.7 Å². The van der Waals surface area contributed by atoms with Gasteiger partial charge in [0.2, 0.25) is 0 Å². The van der Waals surface area contributed by atoms with Crippen LogP contribution in [0.5, 0.6) is 0 Å². The van der Waals surface area contributed by atoms with Crippen molar-refractivity contribution < 1.29 is 14.7 Å². The van der Waals surface area contributed by atoms with Gasteiger partial charge in [0.25, 0.3) is 0 Å². The second kappa shape index (κ2) is 6.34. The number of rotatable bonds is 5. The van der Waals surface area contributed by atoms with E-state index in [4.69, 9.17) is 5.11 Å². The van der Waals surface area contributed by atoms with Gasteiger partial charge >= 0.3 is 12.0 Å². The molecule has 1 rings (SSSR count). The number of aromatic nitrogens is 1. The van der Waals surface area contributed by atoms with Gasteiger partial charge in [-0.3, -0.25) is 4.79 Å². The highest BCUT2D eigenvalue weighted by molar-refractivity contribution is 7.09. The predicted octanol–water partition coefficient (Wildman–Crippen LogP) is 1.36. The summed E-state index contributed by atoms with van der Waals surface area (Å²) in [4.78, 5) is 26.5. The Bertz CT molecular complexity index is 433. The zero-order valence-corrected chi connectivity index (χ0v) is 11.4. The fourth-order valence-electron chi connectivity index (χ4n) is 1.24. The number of nitrogens with zero attached hydrogens (tertiary/aromatic N) is 1. The van der Waals surface area contributed by atoms with Gasteiger partial charge in [0.1, 0.15) is 5.01 Å². The number of thiazole rings is 1. The Balaban J connectivity index is 2.35. The Morgan fingerprint density at radius 1 is 1.50 bits per heavy atom. The number of nitrogens with one attached hydrogen (secondary N) is 2. The maximum absolute atomic E-state index is 11.5. The standard InChI is InChI=1S/C11H17N3O3S/c1-6-5-18-9(13-6)4-12-11(17)14-8(3)7(2)10(15)16/h5,7-8H,4H2,1-3H3,(H,15,16)(H2,12,14,17). The van der Waals surface area contributed by atoms with Crippen LogP contribution in [0.25, 0.3) is 0 Å². The summed E-state index contributed by atoms with van der Waals surface area (Å²) < 4.78 is 0. The third-order valence-corrected chi connectivity index (χ3v) is 3.53. The number of amides is 2. The first-order valence-electron chi connectivity index (χ1n) is 5.58. The van der Waals surface area contributed by atoms with Crippen LogP contribution in [0.3, 0.4) is 0 Å². The highest BCUT2D eigenvalue weighted by atomic mass is 32.1. The zero-order chi connectivity index (χ0) is 13.7. The number of carbonyl (C=O) groups excluding carboxylic acids is 1. The lowest BCUT2D eigenvalue weighted by Gasteiger charge is -2.17. The van der Waals surface area contributed by atoms with Gasteiger partial charge in [0.15, 0.2) is 0 Å². The molecule has 0 saturated heterocycles. The molecule has 0 aliphatic rings. The molecule has 0 aliphatic carbocycles. The molecule has 3 N–H and O–H groups in total. The van der Waals surface area contributed by atoms with Crippen LogP contribution in [0.2, 0.25) is 0 Å². The number of carboxylic acid groups (broad SMARTS) is 1. The topological polar surface area (TPSA) is 91.3 Å². The first-order chi connectivity index (χ1) is 8.40. The van der Waals surface area contributed by atoms with Crippen LogP contribution in [-0.4, -0.2) is 28.1 Å². The third-order valence-electron chi connectivity index (χ3n) is 2.57. The Morgan fingerprint density at radius 2 is 2.17 bits per heavy atom. The molecule has 1 aromatic heterocycles. The van der Waals surface area contributed by atoms with E-state index in [9.17, 15) is 9.59 Å². The first kappa shape index (κ1) is 14.4. The van der Waals surface area contributed by atoms with Gasteiger partial charge in [-0.15, -0.1) is 11.3 Å². The number of hydrogen-bond acceptors (Lipinski definition) is 4. The Morgan fingerprint density at radius 3 is 2.67 bits per heavy atom. The minimum atomic E-state index is -0.932. The summed E-state index contributed by atoms with van der Waals surface area (Å²) in [5.41, 5.74) is 0.921. The molecule has 7 heteroatoms. The van der Waals surface area contributed by atoms with E-state index < -0.39 is 17.9 Å². The second-order valence-corrected chi connectivity index (χ2v) is 5.07. The Labute approximate surface area is 109 Å². The SMILES string of the molecule is Cc1csc(CNC(=O)NC(C)C(C)C(=O)O)n1. The molecule has 0 radical (unpaired) electrons. The van der Waals surface area contributed by atoms with E-state index in [0.29, 0.717) is 6.54 Å². The fraction of sp³-hybridized carbons (Fsp3) is 0.545. The van der Waals surface area contributed by atoms with Gasteiger partial charge in [0.05, 0.1) is 12.5 Å². The molecule has 1 aromatic rings. The summed E-state index contributed by atoms with van der Waals surface area (Å²) in [7, 11) is 0. The van der Waals surface area contributed by atoms with E-state index in [-0.39, 0.29) is 6.03 Å². The highest BCUT2D eigenvalue weighted by Crippen LogP contribution is 2.08. The van der Waals surface area contributed by atoms with Crippen molar-refractivity contribution in [3.05, 3.63) is 16.1 Å². The van der Waals surface area contributed by atoms with E-state index >= 15 is 0 Å². The quantitative estimate of drug-likeness (QED) is 0.754. The normalized spacial score (nSPS) is 13.7. The number of carbonyl (C=O) groups is 2. The molecule has 2 atom stereocenters. The summed E-state index contributed by atoms with van der Waals surface area (Å²) >= 11 is 1.47. The van der Waals surface area contributed by atoms with Gasteiger partial charge in [-0.2, -0.15) is 0 Å². The van der Waals surface area contributed by atoms with Crippen LogP contribution in [-0.2, 0) is 11.3 Å². The maximum atomic E-state index is 11.5. The molecule has 0 fully saturated rings. The van der Waals surface area contributed by atoms with Crippen molar-refractivity contribution in [1.29, 1.82) is 0 Å². The van der Waals surface area contributed by atoms with Crippen molar-refractivity contribution in [2.24, 2.45) is 5.92 Å². The average Bonchev–Trinajstić information content (AvgIpc) is 2.71. The van der Waals surface area contributed by atoms with E-state index in [0.717, 1.165) is 10.7 Å². The maximum Gasteiger partial charge on any atom is 0.315 e. The molecular formula is C11H17N3O3S. The van der Waals surface area contributed by atoms with Crippen LogP contribution in [0, 0.1) is 12.8 Å². The van der Waals surface area contributed by atoms with Crippen molar-refractivity contribution in [3.63, 3.8) is 0 Å². The molecule has 6 nitrogen and oxygen atoms in total. The Kier molecular flexibility index (Phi) is 5.08. The van der Waals surface area contributed by atoms with E-state index in [1.165, 1.54) is 11.3 Å². The van der Waals surface area contributed by atoms with Crippen molar-refractivity contribution >= 4 is 23.3 Å². The highest BCUT2D eigenvalue weighted by Gasteiger charge is 2.20. The zero-order valence-electron chi connectivity index (χ0n) is 10.6. The molecule has 0 spiro atoms. The minimum absolute atomic E-state index is 0.346. The largest absolute Gasteiger partial charge is 0.481 e. The molecule has 2 unspecified atom stereocenters. The van der Waals surface area contributed by atoms with E-state index in [1.54, 1.807) is 13.8 Å². The lowest BCUT2D eigenvalue weighted by molar-refractivity contribution is -0.141. The number of aliphatic carboxylic acids is 1. The lowest BCUT2D eigenvalue weighted by atomic mass is 10.0. The average molecular weight is 271 g/mol. The van der Waals surface area contributed by atoms with Gasteiger partial charge in [-0.25, -0.2) is 9.78 Å². The summed E-state index contributed by atoms with van der Waals surface area (Å²) in [6, 6.07) is -0.816. The monoisotopic (exact) mass is 271 g/mol. The summed E-state index contributed by atoms with van der Waals surface area (Å²) in [5, 5.41) is 16.7. The molecule has 0 bridgehead atoms. The Hall–Kier alpha value is -1.63. The minimum Gasteiger partial charge on any atom is -0.481 e. The van der Waals surface area contributed by atoms with Crippen molar-refractivity contribution in [2.75, 3.05) is 0 Å². The van der Waals surface area contributed by atoms with Crippen LogP contribution in [0.15, 0.2) is 5.38 Å². The van der Waals surface area contributed by atoms with E-state index in [2.05, 4.69) is 15.6 Å². The first-order valence-corrected chi connectivity index (χ1v) is 6.46. The van der Waals surface area contributed by atoms with Crippen LogP contribution < -0.4 is 10.6 Å². The van der Waals surface area contributed by atoms with Crippen LogP contribution in [0.4, 0.5) is 4.79 Å². The number of urea groups is 1. The number of hydrogen-bond donors (Lipinski definition) is 3. The van der Waals surface area contributed by atoms with Gasteiger partial charge in [-0.05, 0) is 20.8 Å². The fourth-order valence-corrected chi connectivity index (χ4v) is 1.95. The van der Waals surface area contributed by atoms with Gasteiger partial charge in [0, 0.05) is 17.1 Å². The molecule has 0 saturated carbocycles. The van der Waals surface area contributed by atoms with Crippen LogP contribution >= 0.6 is 11.3 Å². The smallest absolute Gasteiger partial charge is 0.315 e. The molecule has 0 aromatic carbocycles. The second-order valence-electron chi connectivity index (χ2n) is 4.13. The summed E-state index contributed by atoms with van der Waals surface area (Å²) in [6.45, 7) is 5.44. The lowest BCUT2D eigenvalue weighted by Crippen LogP contribution is -2.45. The molecule has 18 heavy (non-hydrogen) atoms. The van der Waals surface area contributed by atoms with Crippen LogP contribution in [0.1, 0.15) is 24.5 Å². The van der Waals surface area contributed by atoms with Gasteiger partial charge in [-0.1, -0.05) is 0 Å². The summed E-state index contributed by atoms with van der Waals surface area (Å²) in [6.07, 6.45) is 0. The number of carboxylic acids is 1. The molecule has 0 aliphatic heterocycles. The molecule has 2 amide bonds. The number of aryl methyl sites for hydroxylation is 1. The predicted molar refractivity (Wildman–Crippen MR) is 68.5 cm³/mol. The van der Waals surface area contributed by atoms with E-state index in [1.807, 2.05) is 12.3 Å². The van der Waals surface area contributed by atoms with Crippen molar-refractivity contribution in [3.8, 4) is 0 Å². The molecular weight excluding hydrogens is 254 g/mol. The third kappa shape index (κ3) is 4.33. The summed E-state index contributed by atoms with van der Waals surface area (Å²) in [5.74, 6) is -1.56. The molecule has 1 heterocycles. The van der Waals surface area contributed by atoms with Crippen molar-refractivity contribution in [1.82, 2.24) is 15.6 Å².